The Kier molecular flexibility index (Phi) is 4.40. The van der Waals surface area contributed by atoms with Crippen LogP contribution in [-0.4, -0.2) is 23.0 Å². The summed E-state index contributed by atoms with van der Waals surface area (Å²) in [6.45, 7) is 8.01. The molecule has 0 fully saturated rings. The fraction of sp³-hybridized carbons (Fsp3) is 0.250. The quantitative estimate of drug-likeness (QED) is 0.782. The number of nitrogens with zero attached hydrogens (tertiary/aromatic N) is 2. The van der Waals surface area contributed by atoms with E-state index in [2.05, 4.69) is 21.4 Å². The van der Waals surface area contributed by atoms with Crippen LogP contribution in [0.5, 0.6) is 5.88 Å². The lowest BCUT2D eigenvalue weighted by Crippen LogP contribution is -2.16. The highest BCUT2D eigenvalue weighted by molar-refractivity contribution is 6.05. The maximum atomic E-state index is 12.7. The predicted octanol–water partition coefficient (Wildman–Crippen LogP) is 4.12. The Labute approximate surface area is 147 Å². The molecule has 2 aromatic carbocycles. The van der Waals surface area contributed by atoms with Crippen LogP contribution in [0.15, 0.2) is 30.3 Å². The molecule has 3 rings (SSSR count). The lowest BCUT2D eigenvalue weighted by Gasteiger charge is -2.11. The van der Waals surface area contributed by atoms with Crippen molar-refractivity contribution in [2.24, 2.45) is 0 Å². The molecule has 5 heteroatoms. The summed E-state index contributed by atoms with van der Waals surface area (Å²) in [5.41, 5.74) is 6.68. The van der Waals surface area contributed by atoms with Crippen molar-refractivity contribution in [2.75, 3.05) is 12.4 Å². The molecule has 3 aromatic rings. The summed E-state index contributed by atoms with van der Waals surface area (Å²) >= 11 is 0. The molecule has 1 heterocycles. The second-order valence-electron chi connectivity index (χ2n) is 6.34. The minimum atomic E-state index is -0.338. The maximum absolute atomic E-state index is 12.7. The second kappa shape index (κ2) is 6.51. The van der Waals surface area contributed by atoms with Crippen LogP contribution < -0.4 is 10.1 Å². The largest absolute Gasteiger partial charge is 0.479 e. The molecule has 0 atom stereocenters. The van der Waals surface area contributed by atoms with E-state index in [4.69, 9.17) is 4.74 Å². The number of hydrogen-bond donors (Lipinski definition) is 1. The van der Waals surface area contributed by atoms with Gasteiger partial charge in [0.25, 0.3) is 5.91 Å². The maximum Gasteiger partial charge on any atom is 0.279 e. The van der Waals surface area contributed by atoms with Crippen LogP contribution in [0.25, 0.3) is 11.0 Å². The Morgan fingerprint density at radius 2 is 1.44 bits per heavy atom. The summed E-state index contributed by atoms with van der Waals surface area (Å²) in [6.07, 6.45) is 0. The number of amides is 1. The van der Waals surface area contributed by atoms with E-state index in [1.807, 2.05) is 52.0 Å². The molecule has 0 aliphatic rings. The number of aryl methyl sites for hydroxylation is 4. The van der Waals surface area contributed by atoms with Crippen LogP contribution in [0.4, 0.5) is 5.69 Å². The van der Waals surface area contributed by atoms with Gasteiger partial charge < -0.3 is 10.1 Å². The molecule has 0 saturated heterocycles. The van der Waals surface area contributed by atoms with Crippen molar-refractivity contribution in [1.29, 1.82) is 0 Å². The average Bonchev–Trinajstić information content (AvgIpc) is 2.53. The van der Waals surface area contributed by atoms with Gasteiger partial charge in [0, 0.05) is 5.69 Å². The minimum Gasteiger partial charge on any atom is -0.479 e. The molecule has 0 bridgehead atoms. The van der Waals surface area contributed by atoms with Crippen LogP contribution >= 0.6 is 0 Å². The lowest BCUT2D eigenvalue weighted by atomic mass is 10.1. The Bertz CT molecular complexity index is 960. The summed E-state index contributed by atoms with van der Waals surface area (Å²) in [5, 5.41) is 2.88. The summed E-state index contributed by atoms with van der Waals surface area (Å²) in [6, 6.07) is 9.77. The molecule has 1 amide bonds. The molecular formula is C20H21N3O2. The number of benzene rings is 2. The first-order chi connectivity index (χ1) is 11.9. The van der Waals surface area contributed by atoms with Crippen LogP contribution in [0, 0.1) is 27.7 Å². The number of rotatable bonds is 3. The van der Waals surface area contributed by atoms with Crippen molar-refractivity contribution in [3.63, 3.8) is 0 Å². The zero-order valence-electron chi connectivity index (χ0n) is 15.1. The standard InChI is InChI=1S/C20H21N3O2/c1-11-6-12(2)8-15(7-11)21-19(24)18-20(25-5)23-17-10-14(4)13(3)9-16(17)22-18/h6-10H,1-5H3,(H,21,24). The van der Waals surface area contributed by atoms with Gasteiger partial charge in [-0.15, -0.1) is 0 Å². The first-order valence-electron chi connectivity index (χ1n) is 8.10. The molecule has 5 nitrogen and oxygen atoms in total. The van der Waals surface area contributed by atoms with Gasteiger partial charge in [-0.2, -0.15) is 0 Å². The molecule has 0 aliphatic heterocycles. The smallest absolute Gasteiger partial charge is 0.279 e. The number of ether oxygens (including phenoxy) is 1. The number of nitrogens with one attached hydrogen (secondary N) is 1. The van der Waals surface area contributed by atoms with Gasteiger partial charge in [0.05, 0.1) is 18.1 Å². The number of carbonyl (C=O) groups excluding carboxylic acids is 1. The van der Waals surface area contributed by atoms with Gasteiger partial charge in [-0.05, 0) is 74.2 Å². The fourth-order valence-corrected chi connectivity index (χ4v) is 2.82. The molecule has 128 valence electrons. The lowest BCUT2D eigenvalue weighted by molar-refractivity contribution is 0.101. The van der Waals surface area contributed by atoms with E-state index < -0.39 is 0 Å². The monoisotopic (exact) mass is 335 g/mol. The fourth-order valence-electron chi connectivity index (χ4n) is 2.82. The third-order valence-electron chi connectivity index (χ3n) is 4.14. The van der Waals surface area contributed by atoms with Gasteiger partial charge in [0.1, 0.15) is 0 Å². The van der Waals surface area contributed by atoms with Crippen molar-refractivity contribution < 1.29 is 9.53 Å². The molecule has 0 saturated carbocycles. The van der Waals surface area contributed by atoms with E-state index in [0.717, 1.165) is 27.9 Å². The van der Waals surface area contributed by atoms with Crippen molar-refractivity contribution >= 4 is 22.6 Å². The normalized spacial score (nSPS) is 10.8. The van der Waals surface area contributed by atoms with Crippen LogP contribution in [0.2, 0.25) is 0 Å². The molecule has 0 aliphatic carbocycles. The highest BCUT2D eigenvalue weighted by Crippen LogP contribution is 2.23. The van der Waals surface area contributed by atoms with E-state index >= 15 is 0 Å². The molecule has 25 heavy (non-hydrogen) atoms. The molecule has 1 N–H and O–H groups in total. The number of carbonyl (C=O) groups is 1. The van der Waals surface area contributed by atoms with Gasteiger partial charge in [0.15, 0.2) is 5.69 Å². The Morgan fingerprint density at radius 3 is 2.00 bits per heavy atom. The summed E-state index contributed by atoms with van der Waals surface area (Å²) in [4.78, 5) is 21.7. The second-order valence-corrected chi connectivity index (χ2v) is 6.34. The van der Waals surface area contributed by atoms with Crippen LogP contribution in [0.1, 0.15) is 32.7 Å². The molecule has 0 unspecified atom stereocenters. The van der Waals surface area contributed by atoms with E-state index in [0.29, 0.717) is 11.0 Å². The number of aromatic nitrogens is 2. The zero-order chi connectivity index (χ0) is 18.1. The van der Waals surface area contributed by atoms with Crippen LogP contribution in [-0.2, 0) is 0 Å². The highest BCUT2D eigenvalue weighted by Gasteiger charge is 2.18. The number of anilines is 1. The minimum absolute atomic E-state index is 0.178. The van der Waals surface area contributed by atoms with Gasteiger partial charge in [-0.3, -0.25) is 4.79 Å². The summed E-state index contributed by atoms with van der Waals surface area (Å²) in [5.74, 6) is -0.118. The van der Waals surface area contributed by atoms with Gasteiger partial charge in [0.2, 0.25) is 5.88 Å². The van der Waals surface area contributed by atoms with E-state index in [1.54, 1.807) is 0 Å². The summed E-state index contributed by atoms with van der Waals surface area (Å²) in [7, 11) is 1.49. The molecule has 0 radical (unpaired) electrons. The van der Waals surface area contributed by atoms with Crippen LogP contribution in [0.3, 0.4) is 0 Å². The molecule has 0 spiro atoms. The van der Waals surface area contributed by atoms with Crippen molar-refractivity contribution in [3.05, 3.63) is 58.3 Å². The van der Waals surface area contributed by atoms with E-state index in [-0.39, 0.29) is 17.5 Å². The average molecular weight is 335 g/mol. The number of fused-ring (bicyclic) bond motifs is 1. The number of hydrogen-bond acceptors (Lipinski definition) is 4. The van der Waals surface area contributed by atoms with Gasteiger partial charge in [-0.25, -0.2) is 9.97 Å². The third-order valence-corrected chi connectivity index (χ3v) is 4.14. The van der Waals surface area contributed by atoms with E-state index in [1.165, 1.54) is 7.11 Å². The third kappa shape index (κ3) is 3.45. The topological polar surface area (TPSA) is 64.1 Å². The van der Waals surface area contributed by atoms with E-state index in [9.17, 15) is 4.79 Å². The first-order valence-corrected chi connectivity index (χ1v) is 8.10. The zero-order valence-corrected chi connectivity index (χ0v) is 15.1. The molecular weight excluding hydrogens is 314 g/mol. The van der Waals surface area contributed by atoms with Crippen molar-refractivity contribution in [2.45, 2.75) is 27.7 Å². The summed E-state index contributed by atoms with van der Waals surface area (Å²) < 4.78 is 5.30. The van der Waals surface area contributed by atoms with Crippen molar-refractivity contribution in [1.82, 2.24) is 9.97 Å². The van der Waals surface area contributed by atoms with Crippen molar-refractivity contribution in [3.8, 4) is 5.88 Å². The Morgan fingerprint density at radius 1 is 0.880 bits per heavy atom. The molecule has 1 aromatic heterocycles. The SMILES string of the molecule is COc1nc2cc(C)c(C)cc2nc1C(=O)Nc1cc(C)cc(C)c1. The Balaban J connectivity index is 2.03. The van der Waals surface area contributed by atoms with Gasteiger partial charge in [-0.1, -0.05) is 6.07 Å². The first kappa shape index (κ1) is 16.9. The highest BCUT2D eigenvalue weighted by atomic mass is 16.5. The number of methoxy groups -OCH3 is 1. The Hall–Kier alpha value is -2.95. The predicted molar refractivity (Wildman–Crippen MR) is 99.4 cm³/mol. The van der Waals surface area contributed by atoms with Gasteiger partial charge >= 0.3 is 0 Å².